The number of hydrogen-bond donors (Lipinski definition) is 0. The molecule has 0 amide bonds. The van der Waals surface area contributed by atoms with Gasteiger partial charge in [0.05, 0.1) is 17.8 Å². The van der Waals surface area contributed by atoms with Crippen LogP contribution in [0.15, 0.2) is 22.7 Å². The quantitative estimate of drug-likeness (QED) is 0.811. The third-order valence-corrected chi connectivity index (χ3v) is 5.59. The molecule has 2 aliphatic heterocycles. The summed E-state index contributed by atoms with van der Waals surface area (Å²) in [6.07, 6.45) is 3.09. The fourth-order valence-corrected chi connectivity index (χ4v) is 4.56. The van der Waals surface area contributed by atoms with Gasteiger partial charge in [-0.25, -0.2) is 0 Å². The van der Waals surface area contributed by atoms with E-state index in [4.69, 9.17) is 9.47 Å². The lowest BCUT2D eigenvalue weighted by Gasteiger charge is -2.37. The Hall–Kier alpha value is -0.700. The first-order valence-corrected chi connectivity index (χ1v) is 8.74. The molecule has 3 nitrogen and oxygen atoms in total. The fraction of sp³-hybridized carbons (Fsp3) is 0.533. The first kappa shape index (κ1) is 14.2. The highest BCUT2D eigenvalue weighted by Gasteiger charge is 2.41. The van der Waals surface area contributed by atoms with E-state index in [9.17, 15) is 5.26 Å². The first-order chi connectivity index (χ1) is 9.71. The molecule has 0 aliphatic carbocycles. The summed E-state index contributed by atoms with van der Waals surface area (Å²) in [4.78, 5) is 0. The molecule has 0 aromatic heterocycles. The lowest BCUT2D eigenvalue weighted by atomic mass is 9.91. The van der Waals surface area contributed by atoms with Crippen LogP contribution in [0.1, 0.15) is 24.8 Å². The number of nitriles is 1. The molecule has 0 bridgehead atoms. The van der Waals surface area contributed by atoms with Crippen LogP contribution in [0.25, 0.3) is 0 Å². The summed E-state index contributed by atoms with van der Waals surface area (Å²) in [7, 11) is 0. The van der Waals surface area contributed by atoms with Gasteiger partial charge in [0.1, 0.15) is 17.9 Å². The van der Waals surface area contributed by atoms with Crippen molar-refractivity contribution in [2.45, 2.75) is 31.0 Å². The van der Waals surface area contributed by atoms with Crippen molar-refractivity contribution in [3.8, 4) is 11.8 Å². The van der Waals surface area contributed by atoms with Crippen molar-refractivity contribution in [3.05, 3.63) is 28.2 Å². The molecule has 0 radical (unpaired) electrons. The minimum atomic E-state index is 0.00968. The Morgan fingerprint density at radius 3 is 3.15 bits per heavy atom. The third-order valence-electron chi connectivity index (χ3n) is 3.87. The van der Waals surface area contributed by atoms with Gasteiger partial charge in [0.25, 0.3) is 0 Å². The van der Waals surface area contributed by atoms with Gasteiger partial charge < -0.3 is 9.47 Å². The fourth-order valence-electron chi connectivity index (χ4n) is 2.82. The monoisotopic (exact) mass is 353 g/mol. The molecule has 2 unspecified atom stereocenters. The summed E-state index contributed by atoms with van der Waals surface area (Å²) in [6, 6.07) is 7.78. The van der Waals surface area contributed by atoms with Crippen molar-refractivity contribution in [1.29, 1.82) is 5.26 Å². The summed E-state index contributed by atoms with van der Waals surface area (Å²) < 4.78 is 13.0. The summed E-state index contributed by atoms with van der Waals surface area (Å²) in [5, 5.41) is 9.20. The molecule has 2 heterocycles. The van der Waals surface area contributed by atoms with Crippen LogP contribution < -0.4 is 4.74 Å². The molecule has 1 aromatic carbocycles. The van der Waals surface area contributed by atoms with E-state index in [1.807, 2.05) is 23.9 Å². The van der Waals surface area contributed by atoms with Gasteiger partial charge in [-0.2, -0.15) is 17.0 Å². The molecule has 5 heteroatoms. The number of nitrogens with zero attached hydrogens (tertiary/aromatic N) is 1. The van der Waals surface area contributed by atoms with E-state index in [-0.39, 0.29) is 11.7 Å². The van der Waals surface area contributed by atoms with E-state index in [0.29, 0.717) is 11.3 Å². The molecular formula is C15H16BrNO2S. The van der Waals surface area contributed by atoms with Crippen LogP contribution in [0, 0.1) is 11.3 Å². The molecular weight excluding hydrogens is 338 g/mol. The van der Waals surface area contributed by atoms with Gasteiger partial charge in [0.15, 0.2) is 0 Å². The minimum Gasteiger partial charge on any atom is -0.489 e. The summed E-state index contributed by atoms with van der Waals surface area (Å²) in [5.74, 6) is 2.93. The Bertz CT molecular complexity index is 537. The van der Waals surface area contributed by atoms with Gasteiger partial charge in [-0.3, -0.25) is 0 Å². The van der Waals surface area contributed by atoms with Crippen molar-refractivity contribution < 1.29 is 9.47 Å². The van der Waals surface area contributed by atoms with E-state index in [1.54, 1.807) is 6.07 Å². The second-order valence-electron chi connectivity index (χ2n) is 5.32. The van der Waals surface area contributed by atoms with E-state index in [0.717, 1.165) is 36.1 Å². The Morgan fingerprint density at radius 1 is 1.50 bits per heavy atom. The Balaban J connectivity index is 1.73. The van der Waals surface area contributed by atoms with Crippen LogP contribution in [0.5, 0.6) is 5.75 Å². The zero-order valence-corrected chi connectivity index (χ0v) is 13.5. The van der Waals surface area contributed by atoms with Gasteiger partial charge in [0.2, 0.25) is 0 Å². The molecule has 2 saturated heterocycles. The normalized spacial score (nSPS) is 29.3. The number of halogens is 1. The largest absolute Gasteiger partial charge is 0.489 e. The van der Waals surface area contributed by atoms with E-state index >= 15 is 0 Å². The predicted octanol–water partition coefficient (Wildman–Crippen LogP) is 3.75. The number of ether oxygens (including phenoxy) is 2. The van der Waals surface area contributed by atoms with E-state index in [2.05, 4.69) is 22.0 Å². The first-order valence-electron chi connectivity index (χ1n) is 6.79. The van der Waals surface area contributed by atoms with Crippen LogP contribution in [0.3, 0.4) is 0 Å². The lowest BCUT2D eigenvalue weighted by Crippen LogP contribution is -2.43. The molecule has 106 valence electrons. The molecule has 2 aliphatic rings. The van der Waals surface area contributed by atoms with Crippen LogP contribution in [-0.2, 0) is 4.74 Å². The van der Waals surface area contributed by atoms with Crippen LogP contribution in [0.2, 0.25) is 0 Å². The van der Waals surface area contributed by atoms with Crippen molar-refractivity contribution in [2.75, 3.05) is 18.1 Å². The van der Waals surface area contributed by atoms with Crippen molar-refractivity contribution in [1.82, 2.24) is 0 Å². The topological polar surface area (TPSA) is 42.2 Å². The Kier molecular flexibility index (Phi) is 4.25. The molecule has 0 saturated carbocycles. The Morgan fingerprint density at radius 2 is 2.40 bits per heavy atom. The summed E-state index contributed by atoms with van der Waals surface area (Å²) in [5.41, 5.74) is 0.594. The lowest BCUT2D eigenvalue weighted by molar-refractivity contribution is -0.0959. The average molecular weight is 354 g/mol. The maximum absolute atomic E-state index is 9.20. The average Bonchev–Trinajstić information content (AvgIpc) is 2.89. The number of rotatable bonds is 2. The smallest absolute Gasteiger partial charge is 0.137 e. The van der Waals surface area contributed by atoms with Crippen molar-refractivity contribution in [3.63, 3.8) is 0 Å². The second-order valence-corrected chi connectivity index (χ2v) is 7.34. The maximum atomic E-state index is 9.20. The predicted molar refractivity (Wildman–Crippen MR) is 83.1 cm³/mol. The standard InChI is InChI=1S/C15H16BrNO2S/c16-12-1-2-14(11(7-12)9-17)19-13-3-5-18-15(8-13)4-6-20-10-15/h1-2,7,13H,3-6,8,10H2. The second kappa shape index (κ2) is 5.97. The highest BCUT2D eigenvalue weighted by Crippen LogP contribution is 2.39. The van der Waals surface area contributed by atoms with Crippen molar-refractivity contribution >= 4 is 27.7 Å². The highest BCUT2D eigenvalue weighted by molar-refractivity contribution is 9.10. The van der Waals surface area contributed by atoms with Gasteiger partial charge in [-0.05, 0) is 30.4 Å². The molecule has 1 aromatic rings. The molecule has 0 N–H and O–H groups in total. The highest BCUT2D eigenvalue weighted by atomic mass is 79.9. The number of hydrogen-bond acceptors (Lipinski definition) is 4. The molecule has 1 spiro atoms. The summed E-state index contributed by atoms with van der Waals surface area (Å²) >= 11 is 5.34. The van der Waals surface area contributed by atoms with Gasteiger partial charge in [-0.15, -0.1) is 0 Å². The third kappa shape index (κ3) is 2.98. The summed E-state index contributed by atoms with van der Waals surface area (Å²) in [6.45, 7) is 0.754. The Labute approximate surface area is 131 Å². The van der Waals surface area contributed by atoms with Crippen molar-refractivity contribution in [2.24, 2.45) is 0 Å². The molecule has 2 atom stereocenters. The van der Waals surface area contributed by atoms with Crippen LogP contribution >= 0.6 is 27.7 Å². The SMILES string of the molecule is N#Cc1cc(Br)ccc1OC1CCOC2(CCSC2)C1. The zero-order chi connectivity index (χ0) is 14.0. The van der Waals surface area contributed by atoms with Gasteiger partial charge >= 0.3 is 0 Å². The zero-order valence-electron chi connectivity index (χ0n) is 11.1. The maximum Gasteiger partial charge on any atom is 0.137 e. The van der Waals surface area contributed by atoms with Crippen LogP contribution in [0.4, 0.5) is 0 Å². The van der Waals surface area contributed by atoms with E-state index < -0.39 is 0 Å². The van der Waals surface area contributed by atoms with Crippen LogP contribution in [-0.4, -0.2) is 29.8 Å². The van der Waals surface area contributed by atoms with Gasteiger partial charge in [0, 0.05) is 23.1 Å². The van der Waals surface area contributed by atoms with Gasteiger partial charge in [-0.1, -0.05) is 15.9 Å². The van der Waals surface area contributed by atoms with E-state index in [1.165, 1.54) is 5.75 Å². The molecule has 2 fully saturated rings. The number of benzene rings is 1. The number of thioether (sulfide) groups is 1. The molecule has 20 heavy (non-hydrogen) atoms. The molecule has 3 rings (SSSR count). The minimum absolute atomic E-state index is 0.00968.